The molecule has 2 amide bonds. The lowest BCUT2D eigenvalue weighted by Crippen LogP contribution is -2.41. The predicted molar refractivity (Wildman–Crippen MR) is 166 cm³/mol. The fourth-order valence-electron chi connectivity index (χ4n) is 4.52. The monoisotopic (exact) mass is 603 g/mol. The number of carbonyl (C=O) groups excluding carboxylic acids is 2. The molecule has 220 valence electrons. The number of nitrogens with zero attached hydrogens (tertiary/aromatic N) is 3. The summed E-state index contributed by atoms with van der Waals surface area (Å²) in [5, 5.41) is 4.16. The number of anilines is 3. The van der Waals surface area contributed by atoms with E-state index in [0.29, 0.717) is 11.1 Å². The molecular formula is C32H28F3N5O2S. The third-order valence-corrected chi connectivity index (χ3v) is 8.12. The highest BCUT2D eigenvalue weighted by molar-refractivity contribution is 8.15. The molecule has 0 saturated carbocycles. The number of halogens is 3. The van der Waals surface area contributed by atoms with Gasteiger partial charge in [-0.2, -0.15) is 13.2 Å². The summed E-state index contributed by atoms with van der Waals surface area (Å²) in [4.78, 5) is 35.5. The van der Waals surface area contributed by atoms with Gasteiger partial charge < -0.3 is 15.5 Å². The maximum Gasteiger partial charge on any atom is 0.412 e. The fraction of sp³-hybridized carbons (Fsp3) is 0.188. The molecule has 1 aliphatic rings. The van der Waals surface area contributed by atoms with E-state index in [0.717, 1.165) is 34.3 Å². The van der Waals surface area contributed by atoms with E-state index in [1.165, 1.54) is 12.3 Å². The van der Waals surface area contributed by atoms with Gasteiger partial charge in [-0.05, 0) is 60.5 Å². The van der Waals surface area contributed by atoms with Crippen LogP contribution in [0.4, 0.5) is 30.4 Å². The van der Waals surface area contributed by atoms with Gasteiger partial charge in [0.2, 0.25) is 5.91 Å². The lowest BCUT2D eigenvalue weighted by molar-refractivity contribution is -0.150. The first-order valence-corrected chi connectivity index (χ1v) is 14.3. The summed E-state index contributed by atoms with van der Waals surface area (Å²) in [6.07, 6.45) is -3.17. The van der Waals surface area contributed by atoms with Gasteiger partial charge in [0, 0.05) is 35.7 Å². The number of thioether (sulfide) groups is 1. The molecule has 0 bridgehead atoms. The molecule has 0 spiro atoms. The van der Waals surface area contributed by atoms with Crippen LogP contribution >= 0.6 is 11.8 Å². The van der Waals surface area contributed by atoms with Gasteiger partial charge >= 0.3 is 6.18 Å². The van der Waals surface area contributed by atoms with E-state index in [4.69, 9.17) is 0 Å². The quantitative estimate of drug-likeness (QED) is 0.231. The molecule has 0 fully saturated rings. The summed E-state index contributed by atoms with van der Waals surface area (Å²) in [6, 6.07) is 24.7. The molecular weight excluding hydrogens is 575 g/mol. The Morgan fingerprint density at radius 1 is 0.884 bits per heavy atom. The van der Waals surface area contributed by atoms with Crippen molar-refractivity contribution in [3.8, 4) is 11.1 Å². The van der Waals surface area contributed by atoms with Crippen molar-refractivity contribution in [1.29, 1.82) is 0 Å². The number of alkyl halides is 3. The Bertz CT molecular complexity index is 1630. The first kappa shape index (κ1) is 29.8. The van der Waals surface area contributed by atoms with Crippen molar-refractivity contribution in [3.63, 3.8) is 0 Å². The zero-order valence-electron chi connectivity index (χ0n) is 23.3. The van der Waals surface area contributed by atoms with Gasteiger partial charge in [-0.1, -0.05) is 60.3 Å². The number of aryl methyl sites for hydroxylation is 1. The van der Waals surface area contributed by atoms with Gasteiger partial charge in [-0.3, -0.25) is 14.6 Å². The molecule has 0 aliphatic carbocycles. The molecule has 2 N–H and O–H groups in total. The Balaban J connectivity index is 1.21. The number of aromatic nitrogens is 1. The zero-order chi connectivity index (χ0) is 30.6. The summed E-state index contributed by atoms with van der Waals surface area (Å²) in [5.41, 5.74) is 4.48. The largest absolute Gasteiger partial charge is 0.412 e. The first-order valence-electron chi connectivity index (χ1n) is 13.4. The van der Waals surface area contributed by atoms with Crippen molar-refractivity contribution in [2.45, 2.75) is 24.4 Å². The molecule has 43 heavy (non-hydrogen) atoms. The predicted octanol–water partition coefficient (Wildman–Crippen LogP) is 6.83. The van der Waals surface area contributed by atoms with Crippen molar-refractivity contribution >= 4 is 45.8 Å². The molecule has 1 aromatic heterocycles. The summed E-state index contributed by atoms with van der Waals surface area (Å²) in [6.45, 7) is 2.06. The Morgan fingerprint density at radius 2 is 1.56 bits per heavy atom. The topological polar surface area (TPSA) is 86.7 Å². The summed E-state index contributed by atoms with van der Waals surface area (Å²) >= 11 is 0.817. The van der Waals surface area contributed by atoms with Crippen LogP contribution in [0.15, 0.2) is 102 Å². The first-order chi connectivity index (χ1) is 20.6. The van der Waals surface area contributed by atoms with Crippen molar-refractivity contribution in [2.24, 2.45) is 4.99 Å². The number of nitrogens with one attached hydrogen (secondary N) is 2. The van der Waals surface area contributed by atoms with Crippen LogP contribution < -0.4 is 15.5 Å². The second-order valence-corrected chi connectivity index (χ2v) is 11.2. The molecule has 2 heterocycles. The summed E-state index contributed by atoms with van der Waals surface area (Å²) in [5.74, 6) is -0.935. The Labute approximate surface area is 251 Å². The summed E-state index contributed by atoms with van der Waals surface area (Å²) < 4.78 is 41.5. The van der Waals surface area contributed by atoms with Gasteiger partial charge in [0.1, 0.15) is 11.1 Å². The molecule has 3 aromatic carbocycles. The lowest BCUT2D eigenvalue weighted by atomic mass is 10.1. The van der Waals surface area contributed by atoms with Gasteiger partial charge in [0.05, 0.1) is 11.6 Å². The third-order valence-electron chi connectivity index (χ3n) is 6.88. The van der Waals surface area contributed by atoms with Crippen LogP contribution in [0.25, 0.3) is 11.1 Å². The van der Waals surface area contributed by atoms with E-state index in [-0.39, 0.29) is 23.3 Å². The highest BCUT2D eigenvalue weighted by Gasteiger charge is 2.51. The van der Waals surface area contributed by atoms with Gasteiger partial charge in [-0.15, -0.1) is 0 Å². The number of hydrogen-bond donors (Lipinski definition) is 2. The van der Waals surface area contributed by atoms with Crippen molar-refractivity contribution in [1.82, 2.24) is 4.98 Å². The minimum absolute atomic E-state index is 0.124. The molecule has 2 unspecified atom stereocenters. The van der Waals surface area contributed by atoms with E-state index < -0.39 is 23.4 Å². The van der Waals surface area contributed by atoms with Crippen molar-refractivity contribution < 1.29 is 22.8 Å². The van der Waals surface area contributed by atoms with Crippen LogP contribution in [-0.2, 0) is 4.79 Å². The van der Waals surface area contributed by atoms with Gasteiger partial charge in [0.15, 0.2) is 6.04 Å². The number of para-hydroxylation sites is 2. The Morgan fingerprint density at radius 3 is 2.21 bits per heavy atom. The average Bonchev–Trinajstić information content (AvgIpc) is 3.44. The highest BCUT2D eigenvalue weighted by Crippen LogP contribution is 2.38. The molecule has 7 nitrogen and oxygen atoms in total. The van der Waals surface area contributed by atoms with E-state index in [1.807, 2.05) is 61.5 Å². The number of rotatable bonds is 8. The second-order valence-electron chi connectivity index (χ2n) is 10.0. The highest BCUT2D eigenvalue weighted by atomic mass is 32.2. The van der Waals surface area contributed by atoms with Crippen LogP contribution in [0.2, 0.25) is 0 Å². The van der Waals surface area contributed by atoms with Gasteiger partial charge in [-0.25, -0.2) is 4.98 Å². The maximum atomic E-state index is 13.8. The smallest absolute Gasteiger partial charge is 0.368 e. The second kappa shape index (κ2) is 12.7. The number of amides is 2. The summed E-state index contributed by atoms with van der Waals surface area (Å²) in [7, 11) is 1.76. The minimum Gasteiger partial charge on any atom is -0.368 e. The normalized spacial score (nSPS) is 16.3. The molecule has 1 aliphatic heterocycles. The van der Waals surface area contributed by atoms with Crippen molar-refractivity contribution in [3.05, 3.63) is 108 Å². The molecule has 0 saturated heterocycles. The Hall–Kier alpha value is -4.64. The molecule has 11 heteroatoms. The van der Waals surface area contributed by atoms with E-state index >= 15 is 0 Å². The standard InChI is InChI=1S/C32H28F3N5O2S/c1-20-8-6-7-11-25(20)37-30(41)22-14-12-21(13-15-22)23-16-17-26(36-18-23)38-31(42)28-29(32(33,34)35)39-27(43-28)19-40(2)24-9-4-3-5-10-24/h3-18,28-29H,19H2,1-2H3,(H,37,41)(H,36,38,42). The SMILES string of the molecule is Cc1ccccc1NC(=O)c1ccc(-c2ccc(NC(=O)C3SC(CN(C)c4ccccc4)=NC3C(F)(F)F)nc2)cc1. The number of benzene rings is 3. The minimum atomic E-state index is -4.68. The maximum absolute atomic E-state index is 13.8. The van der Waals surface area contributed by atoms with Crippen LogP contribution in [0.3, 0.4) is 0 Å². The Kier molecular flexibility index (Phi) is 8.81. The van der Waals surface area contributed by atoms with E-state index in [9.17, 15) is 22.8 Å². The van der Waals surface area contributed by atoms with Crippen LogP contribution in [0, 0.1) is 6.92 Å². The third kappa shape index (κ3) is 7.23. The molecule has 4 aromatic rings. The molecule has 0 radical (unpaired) electrons. The van der Waals surface area contributed by atoms with Crippen LogP contribution in [0.1, 0.15) is 15.9 Å². The van der Waals surface area contributed by atoms with E-state index in [2.05, 4.69) is 20.6 Å². The molecule has 5 rings (SSSR count). The number of aliphatic imine (C=N–C) groups is 1. The lowest BCUT2D eigenvalue weighted by Gasteiger charge is -2.19. The molecule has 2 atom stereocenters. The van der Waals surface area contributed by atoms with Crippen LogP contribution in [-0.4, -0.2) is 52.9 Å². The van der Waals surface area contributed by atoms with Crippen molar-refractivity contribution in [2.75, 3.05) is 29.1 Å². The number of hydrogen-bond acceptors (Lipinski definition) is 6. The van der Waals surface area contributed by atoms with E-state index in [1.54, 1.807) is 42.3 Å². The fourth-order valence-corrected chi connectivity index (χ4v) is 5.76. The average molecular weight is 604 g/mol. The number of carbonyl (C=O) groups is 2. The van der Waals surface area contributed by atoms with Crippen LogP contribution in [0.5, 0.6) is 0 Å². The zero-order valence-corrected chi connectivity index (χ0v) is 24.1. The number of pyridine rings is 1. The van der Waals surface area contributed by atoms with Gasteiger partial charge in [0.25, 0.3) is 5.91 Å².